The zero-order chi connectivity index (χ0) is 24.7. The number of carbonyl (C=O) groups excluding carboxylic acids is 3. The summed E-state index contributed by atoms with van der Waals surface area (Å²) in [6, 6.07) is 28.5. The molecule has 6 nitrogen and oxygen atoms in total. The fourth-order valence-corrected chi connectivity index (χ4v) is 4.62. The minimum absolute atomic E-state index is 0.256. The molecule has 3 aromatic carbocycles. The van der Waals surface area contributed by atoms with Gasteiger partial charge in [0.15, 0.2) is 0 Å². The normalized spacial score (nSPS) is 17.3. The zero-order valence-corrected chi connectivity index (χ0v) is 20.0. The Morgan fingerprint density at radius 3 is 2.03 bits per heavy atom. The minimum Gasteiger partial charge on any atom is -0.336 e. The summed E-state index contributed by atoms with van der Waals surface area (Å²) in [6.45, 7) is 2.59. The zero-order valence-electron chi connectivity index (χ0n) is 20.0. The molecule has 4 amide bonds. The van der Waals surface area contributed by atoms with Crippen LogP contribution in [0.1, 0.15) is 36.5 Å². The van der Waals surface area contributed by atoms with E-state index in [1.807, 2.05) is 97.9 Å². The molecule has 6 heteroatoms. The molecule has 4 rings (SSSR count). The van der Waals surface area contributed by atoms with Gasteiger partial charge in [-0.15, -0.1) is 0 Å². The van der Waals surface area contributed by atoms with E-state index >= 15 is 0 Å². The maximum Gasteiger partial charge on any atom is 0.325 e. The summed E-state index contributed by atoms with van der Waals surface area (Å²) >= 11 is 0. The average molecular weight is 470 g/mol. The fourth-order valence-electron chi connectivity index (χ4n) is 4.62. The standard InChI is InChI=1S/C29H31N3O3/c1-2-19-29(25-16-10-5-11-17-25)27(34)32(28(35)30-29)22-26(33)31(21-24-14-8-4-9-15-24)20-18-23-12-6-3-7-13-23/h3-17H,2,18-22H2,1H3,(H,30,35)/t29-/m0/s1. The van der Waals surface area contributed by atoms with Crippen molar-refractivity contribution in [1.82, 2.24) is 15.1 Å². The third kappa shape index (κ3) is 5.43. The highest BCUT2D eigenvalue weighted by atomic mass is 16.2. The first kappa shape index (κ1) is 24.2. The Bertz CT molecular complexity index is 1150. The van der Waals surface area contributed by atoms with Crippen LogP contribution in [0, 0.1) is 0 Å². The van der Waals surface area contributed by atoms with Crippen LogP contribution >= 0.6 is 0 Å². The van der Waals surface area contributed by atoms with Crippen molar-refractivity contribution in [3.05, 3.63) is 108 Å². The second-order valence-corrected chi connectivity index (χ2v) is 8.88. The monoisotopic (exact) mass is 469 g/mol. The lowest BCUT2D eigenvalue weighted by molar-refractivity contribution is -0.139. The van der Waals surface area contributed by atoms with E-state index in [0.717, 1.165) is 21.6 Å². The van der Waals surface area contributed by atoms with E-state index in [1.54, 1.807) is 4.90 Å². The van der Waals surface area contributed by atoms with Crippen molar-refractivity contribution in [2.24, 2.45) is 0 Å². The van der Waals surface area contributed by atoms with Crippen LogP contribution in [0.2, 0.25) is 0 Å². The average Bonchev–Trinajstić information content (AvgIpc) is 3.13. The highest BCUT2D eigenvalue weighted by Crippen LogP contribution is 2.33. The number of nitrogens with zero attached hydrogens (tertiary/aromatic N) is 2. The third-order valence-electron chi connectivity index (χ3n) is 6.44. The van der Waals surface area contributed by atoms with Gasteiger partial charge in [0.2, 0.25) is 5.91 Å². The number of benzene rings is 3. The lowest BCUT2D eigenvalue weighted by atomic mass is 9.85. The minimum atomic E-state index is -1.14. The highest BCUT2D eigenvalue weighted by molar-refractivity contribution is 6.09. The lowest BCUT2D eigenvalue weighted by Crippen LogP contribution is -2.46. The molecule has 0 radical (unpaired) electrons. The van der Waals surface area contributed by atoms with Crippen molar-refractivity contribution in [1.29, 1.82) is 0 Å². The third-order valence-corrected chi connectivity index (χ3v) is 6.44. The van der Waals surface area contributed by atoms with Gasteiger partial charge >= 0.3 is 6.03 Å². The molecule has 0 aromatic heterocycles. The second-order valence-electron chi connectivity index (χ2n) is 8.88. The van der Waals surface area contributed by atoms with Crippen molar-refractivity contribution in [2.45, 2.75) is 38.3 Å². The number of nitrogens with one attached hydrogen (secondary N) is 1. The Morgan fingerprint density at radius 1 is 0.857 bits per heavy atom. The summed E-state index contributed by atoms with van der Waals surface area (Å²) in [4.78, 5) is 42.8. The van der Waals surface area contributed by atoms with E-state index in [2.05, 4.69) is 5.32 Å². The molecular formula is C29H31N3O3. The first-order valence-corrected chi connectivity index (χ1v) is 12.1. The topological polar surface area (TPSA) is 69.7 Å². The Morgan fingerprint density at radius 2 is 1.43 bits per heavy atom. The van der Waals surface area contributed by atoms with Crippen LogP contribution in [0.15, 0.2) is 91.0 Å². The van der Waals surface area contributed by atoms with Crippen LogP contribution in [0.25, 0.3) is 0 Å². The summed E-state index contributed by atoms with van der Waals surface area (Å²) in [5, 5.41) is 2.90. The van der Waals surface area contributed by atoms with Crippen LogP contribution in [-0.4, -0.2) is 40.7 Å². The number of imide groups is 1. The molecule has 0 spiro atoms. The van der Waals surface area contributed by atoms with E-state index in [1.165, 1.54) is 0 Å². The van der Waals surface area contributed by atoms with Gasteiger partial charge in [-0.25, -0.2) is 4.79 Å². The van der Waals surface area contributed by atoms with Gasteiger partial charge in [-0.05, 0) is 29.5 Å². The van der Waals surface area contributed by atoms with E-state index in [0.29, 0.717) is 32.4 Å². The Hall–Kier alpha value is -3.93. The van der Waals surface area contributed by atoms with Crippen molar-refractivity contribution in [2.75, 3.05) is 13.1 Å². The van der Waals surface area contributed by atoms with E-state index in [4.69, 9.17) is 0 Å². The number of urea groups is 1. The summed E-state index contributed by atoms with van der Waals surface area (Å²) in [7, 11) is 0. The molecule has 0 saturated carbocycles. The van der Waals surface area contributed by atoms with Gasteiger partial charge in [-0.3, -0.25) is 14.5 Å². The summed E-state index contributed by atoms with van der Waals surface area (Å²) < 4.78 is 0. The van der Waals surface area contributed by atoms with Crippen molar-refractivity contribution in [3.63, 3.8) is 0 Å². The molecule has 1 saturated heterocycles. The molecule has 1 N–H and O–H groups in total. The SMILES string of the molecule is CCC[C@@]1(c2ccccc2)NC(=O)N(CC(=O)N(CCc2ccccc2)Cc2ccccc2)C1=O. The van der Waals surface area contributed by atoms with E-state index < -0.39 is 11.6 Å². The summed E-state index contributed by atoms with van der Waals surface area (Å²) in [5.41, 5.74) is 1.72. The molecule has 3 aromatic rings. The molecule has 0 bridgehead atoms. The van der Waals surface area contributed by atoms with Crippen LogP contribution in [0.4, 0.5) is 4.79 Å². The fraction of sp³-hybridized carbons (Fsp3) is 0.276. The molecule has 180 valence electrons. The second kappa shape index (κ2) is 11.0. The van der Waals surface area contributed by atoms with Crippen molar-refractivity contribution < 1.29 is 14.4 Å². The Kier molecular flexibility index (Phi) is 7.60. The van der Waals surface area contributed by atoms with Crippen LogP contribution in [-0.2, 0) is 28.1 Å². The van der Waals surface area contributed by atoms with Crippen molar-refractivity contribution in [3.8, 4) is 0 Å². The molecular weight excluding hydrogens is 438 g/mol. The van der Waals surface area contributed by atoms with Gasteiger partial charge in [0, 0.05) is 13.1 Å². The van der Waals surface area contributed by atoms with Crippen LogP contribution < -0.4 is 5.32 Å². The number of hydrogen-bond acceptors (Lipinski definition) is 3. The Labute approximate surface area is 206 Å². The number of rotatable bonds is 10. The maximum absolute atomic E-state index is 13.6. The van der Waals surface area contributed by atoms with Gasteiger partial charge in [0.1, 0.15) is 12.1 Å². The predicted octanol–water partition coefficient (Wildman–Crippen LogP) is 4.51. The smallest absolute Gasteiger partial charge is 0.325 e. The molecule has 35 heavy (non-hydrogen) atoms. The number of hydrogen-bond donors (Lipinski definition) is 1. The largest absolute Gasteiger partial charge is 0.336 e. The molecule has 0 unspecified atom stereocenters. The quantitative estimate of drug-likeness (QED) is 0.445. The van der Waals surface area contributed by atoms with Gasteiger partial charge in [-0.2, -0.15) is 0 Å². The maximum atomic E-state index is 13.6. The number of carbonyl (C=O) groups is 3. The van der Waals surface area contributed by atoms with Gasteiger partial charge < -0.3 is 10.2 Å². The van der Waals surface area contributed by atoms with Gasteiger partial charge in [-0.1, -0.05) is 104 Å². The molecule has 0 aliphatic carbocycles. The molecule has 1 atom stereocenters. The molecule has 1 aliphatic rings. The first-order chi connectivity index (χ1) is 17.0. The first-order valence-electron chi connectivity index (χ1n) is 12.1. The van der Waals surface area contributed by atoms with E-state index in [9.17, 15) is 14.4 Å². The highest BCUT2D eigenvalue weighted by Gasteiger charge is 2.52. The van der Waals surface area contributed by atoms with Crippen LogP contribution in [0.3, 0.4) is 0 Å². The summed E-state index contributed by atoms with van der Waals surface area (Å²) in [6.07, 6.45) is 1.86. The van der Waals surface area contributed by atoms with Crippen LogP contribution in [0.5, 0.6) is 0 Å². The predicted molar refractivity (Wildman–Crippen MR) is 135 cm³/mol. The molecule has 1 heterocycles. The van der Waals surface area contributed by atoms with E-state index in [-0.39, 0.29) is 18.4 Å². The van der Waals surface area contributed by atoms with Crippen molar-refractivity contribution >= 4 is 17.8 Å². The Balaban J connectivity index is 1.54. The molecule has 1 aliphatic heterocycles. The lowest BCUT2D eigenvalue weighted by Gasteiger charge is -2.28. The van der Waals surface area contributed by atoms with Gasteiger partial charge in [0.25, 0.3) is 5.91 Å². The number of amides is 4. The van der Waals surface area contributed by atoms with Gasteiger partial charge in [0.05, 0.1) is 0 Å². The summed E-state index contributed by atoms with van der Waals surface area (Å²) in [5.74, 6) is -0.625. The molecule has 1 fully saturated rings.